The Kier molecular flexibility index (Phi) is 28.0. The summed E-state index contributed by atoms with van der Waals surface area (Å²) in [6.45, 7) is 4.08. The third-order valence-electron chi connectivity index (χ3n) is 6.82. The van der Waals surface area contributed by atoms with Crippen LogP contribution < -0.4 is 5.32 Å². The number of carbonyl (C=O) groups excluding carboxylic acids is 1. The number of hydrogen-bond donors (Lipinski definition) is 4. The van der Waals surface area contributed by atoms with Gasteiger partial charge < -0.3 is 20.6 Å². The van der Waals surface area contributed by atoms with Gasteiger partial charge in [0.2, 0.25) is 5.91 Å². The average molecular weight is 548 g/mol. The second-order valence-corrected chi connectivity index (χ2v) is 10.7. The van der Waals surface area contributed by atoms with E-state index in [2.05, 4.69) is 55.6 Å². The average Bonchev–Trinajstić information content (AvgIpc) is 2.92. The van der Waals surface area contributed by atoms with E-state index in [-0.39, 0.29) is 18.9 Å². The van der Waals surface area contributed by atoms with Gasteiger partial charge in [-0.15, -0.1) is 0 Å². The fraction of sp³-hybridized carbons (Fsp3) is 0.735. The van der Waals surface area contributed by atoms with Crippen molar-refractivity contribution in [3.05, 3.63) is 48.6 Å². The summed E-state index contributed by atoms with van der Waals surface area (Å²) in [4.78, 5) is 12.3. The SMILES string of the molecule is CCCC/C=C\CCCCCC(O)CC(=O)NC(CO)C(O)/C=C/CC/C=C/CC/C=C/CCCCCCC. The molecule has 0 rings (SSSR count). The van der Waals surface area contributed by atoms with Crippen molar-refractivity contribution in [2.24, 2.45) is 0 Å². The molecule has 0 radical (unpaired) electrons. The summed E-state index contributed by atoms with van der Waals surface area (Å²) in [5.41, 5.74) is 0. The quantitative estimate of drug-likeness (QED) is 0.0622. The highest BCUT2D eigenvalue weighted by molar-refractivity contribution is 5.76. The highest BCUT2D eigenvalue weighted by Crippen LogP contribution is 2.10. The lowest BCUT2D eigenvalue weighted by molar-refractivity contribution is -0.124. The van der Waals surface area contributed by atoms with Crippen molar-refractivity contribution in [3.63, 3.8) is 0 Å². The Balaban J connectivity index is 3.93. The lowest BCUT2D eigenvalue weighted by atomic mass is 10.1. The van der Waals surface area contributed by atoms with Crippen LogP contribution in [0.15, 0.2) is 48.6 Å². The van der Waals surface area contributed by atoms with Crippen molar-refractivity contribution in [2.45, 2.75) is 154 Å². The number of unbranched alkanes of at least 4 members (excludes halogenated alkanes) is 12. The van der Waals surface area contributed by atoms with Crippen molar-refractivity contribution >= 4 is 5.91 Å². The van der Waals surface area contributed by atoms with Crippen molar-refractivity contribution in [1.82, 2.24) is 5.32 Å². The van der Waals surface area contributed by atoms with E-state index < -0.39 is 18.2 Å². The zero-order valence-electron chi connectivity index (χ0n) is 25.2. The highest BCUT2D eigenvalue weighted by Gasteiger charge is 2.19. The minimum absolute atomic E-state index is 0.0111. The minimum Gasteiger partial charge on any atom is -0.394 e. The second-order valence-electron chi connectivity index (χ2n) is 10.7. The van der Waals surface area contributed by atoms with Gasteiger partial charge in [0, 0.05) is 0 Å². The number of hydrogen-bond acceptors (Lipinski definition) is 4. The molecule has 0 aliphatic rings. The van der Waals surface area contributed by atoms with E-state index in [0.29, 0.717) is 6.42 Å². The van der Waals surface area contributed by atoms with E-state index in [4.69, 9.17) is 0 Å². The molecular weight excluding hydrogens is 486 g/mol. The standard InChI is InChI=1S/C34H61NO4/c1-3-5-7-9-11-13-14-15-16-17-18-20-22-24-26-28-33(38)32(30-36)35-34(39)29-31(37)27-25-23-21-19-12-10-8-6-4-2/h10,12,14-15,18,20,26,28,31-33,36-38H,3-9,11,13,16-17,19,21-25,27,29-30H2,1-2H3,(H,35,39)/b12-10-,15-14+,20-18+,28-26+. The summed E-state index contributed by atoms with van der Waals surface area (Å²) in [5.74, 6) is -0.346. The molecule has 0 bridgehead atoms. The van der Waals surface area contributed by atoms with Crippen LogP contribution in [0.1, 0.15) is 136 Å². The van der Waals surface area contributed by atoms with Crippen LogP contribution in [-0.2, 0) is 4.79 Å². The second kappa shape index (κ2) is 29.3. The fourth-order valence-electron chi connectivity index (χ4n) is 4.29. The van der Waals surface area contributed by atoms with Crippen molar-refractivity contribution < 1.29 is 20.1 Å². The molecule has 0 aliphatic carbocycles. The molecule has 3 atom stereocenters. The van der Waals surface area contributed by atoms with Gasteiger partial charge in [-0.05, 0) is 64.2 Å². The van der Waals surface area contributed by atoms with Gasteiger partial charge in [0.25, 0.3) is 0 Å². The van der Waals surface area contributed by atoms with Crippen molar-refractivity contribution in [1.29, 1.82) is 0 Å². The molecule has 1 amide bonds. The molecule has 4 N–H and O–H groups in total. The Morgan fingerprint density at radius 3 is 1.69 bits per heavy atom. The molecule has 39 heavy (non-hydrogen) atoms. The first-order valence-corrected chi connectivity index (χ1v) is 15.9. The number of nitrogens with one attached hydrogen (secondary N) is 1. The van der Waals surface area contributed by atoms with Gasteiger partial charge in [-0.25, -0.2) is 0 Å². The molecule has 0 aromatic carbocycles. The first-order valence-electron chi connectivity index (χ1n) is 15.9. The van der Waals surface area contributed by atoms with Gasteiger partial charge in [-0.1, -0.05) is 114 Å². The molecule has 226 valence electrons. The Labute approximate surface area is 240 Å². The number of carbonyl (C=O) groups is 1. The van der Waals surface area contributed by atoms with Crippen molar-refractivity contribution in [2.75, 3.05) is 6.61 Å². The third-order valence-corrected chi connectivity index (χ3v) is 6.82. The molecule has 0 spiro atoms. The maximum absolute atomic E-state index is 12.3. The molecule has 5 nitrogen and oxygen atoms in total. The Morgan fingerprint density at radius 2 is 1.13 bits per heavy atom. The van der Waals surface area contributed by atoms with Crippen LogP contribution in [-0.4, -0.2) is 46.1 Å². The van der Waals surface area contributed by atoms with Crippen LogP contribution in [0.3, 0.4) is 0 Å². The minimum atomic E-state index is -0.961. The molecule has 0 saturated carbocycles. The molecule has 0 fully saturated rings. The molecule has 3 unspecified atom stereocenters. The number of amides is 1. The molecule has 0 aromatic rings. The maximum atomic E-state index is 12.3. The molecular formula is C34H61NO4. The molecule has 5 heteroatoms. The summed E-state index contributed by atoms with van der Waals surface area (Å²) < 4.78 is 0. The summed E-state index contributed by atoms with van der Waals surface area (Å²) in [6.07, 6.45) is 35.2. The van der Waals surface area contributed by atoms with E-state index in [1.165, 1.54) is 51.4 Å². The summed E-state index contributed by atoms with van der Waals surface area (Å²) in [5, 5.41) is 32.8. The van der Waals surface area contributed by atoms with Crippen molar-refractivity contribution in [3.8, 4) is 0 Å². The van der Waals surface area contributed by atoms with E-state index in [0.717, 1.165) is 57.8 Å². The zero-order valence-corrected chi connectivity index (χ0v) is 25.2. The van der Waals surface area contributed by atoms with Crippen LogP contribution in [0.25, 0.3) is 0 Å². The molecule has 0 aliphatic heterocycles. The summed E-state index contributed by atoms with van der Waals surface area (Å²) in [6, 6.07) is -0.769. The summed E-state index contributed by atoms with van der Waals surface area (Å²) in [7, 11) is 0. The smallest absolute Gasteiger partial charge is 0.222 e. The van der Waals surface area contributed by atoms with Crippen LogP contribution in [0.4, 0.5) is 0 Å². The first-order chi connectivity index (χ1) is 19.0. The Bertz CT molecular complexity index is 656. The van der Waals surface area contributed by atoms with E-state index in [1.54, 1.807) is 6.08 Å². The Morgan fingerprint density at radius 1 is 0.641 bits per heavy atom. The lowest BCUT2D eigenvalue weighted by Crippen LogP contribution is -2.45. The van der Waals surface area contributed by atoms with E-state index in [9.17, 15) is 20.1 Å². The molecule has 0 saturated heterocycles. The van der Waals surface area contributed by atoms with Gasteiger partial charge in [-0.2, -0.15) is 0 Å². The van der Waals surface area contributed by atoms with Crippen LogP contribution in [0.2, 0.25) is 0 Å². The van der Waals surface area contributed by atoms with Crippen LogP contribution in [0, 0.1) is 0 Å². The molecule has 0 heterocycles. The zero-order chi connectivity index (χ0) is 28.8. The lowest BCUT2D eigenvalue weighted by Gasteiger charge is -2.20. The fourth-order valence-corrected chi connectivity index (χ4v) is 4.29. The normalized spacial score (nSPS) is 14.7. The number of aliphatic hydroxyl groups is 3. The van der Waals surface area contributed by atoms with Gasteiger partial charge in [0.05, 0.1) is 31.3 Å². The number of aliphatic hydroxyl groups excluding tert-OH is 3. The predicted molar refractivity (Wildman–Crippen MR) is 167 cm³/mol. The van der Waals surface area contributed by atoms with Gasteiger partial charge in [0.1, 0.15) is 0 Å². The topological polar surface area (TPSA) is 89.8 Å². The largest absolute Gasteiger partial charge is 0.394 e. The maximum Gasteiger partial charge on any atom is 0.222 e. The van der Waals surface area contributed by atoms with Gasteiger partial charge >= 0.3 is 0 Å². The van der Waals surface area contributed by atoms with E-state index in [1.807, 2.05) is 6.08 Å². The van der Waals surface area contributed by atoms with Crippen LogP contribution in [0.5, 0.6) is 0 Å². The highest BCUT2D eigenvalue weighted by atomic mass is 16.3. The number of allylic oxidation sites excluding steroid dienone is 7. The third kappa shape index (κ3) is 26.3. The monoisotopic (exact) mass is 547 g/mol. The number of rotatable bonds is 27. The Hall–Kier alpha value is -1.69. The predicted octanol–water partition coefficient (Wildman–Crippen LogP) is 7.86. The first kappa shape index (κ1) is 37.3. The summed E-state index contributed by atoms with van der Waals surface area (Å²) >= 11 is 0. The van der Waals surface area contributed by atoms with E-state index >= 15 is 0 Å². The van der Waals surface area contributed by atoms with Gasteiger partial charge in [-0.3, -0.25) is 4.79 Å². The molecule has 0 aromatic heterocycles. The van der Waals surface area contributed by atoms with Crippen LogP contribution >= 0.6 is 0 Å². The van der Waals surface area contributed by atoms with Gasteiger partial charge in [0.15, 0.2) is 0 Å².